The summed E-state index contributed by atoms with van der Waals surface area (Å²) < 4.78 is 16.9. The summed E-state index contributed by atoms with van der Waals surface area (Å²) in [6, 6.07) is 8.48. The number of rotatable bonds is 6. The first kappa shape index (κ1) is 18.7. The predicted molar refractivity (Wildman–Crippen MR) is 102 cm³/mol. The Morgan fingerprint density at radius 3 is 2.62 bits per heavy atom. The highest BCUT2D eigenvalue weighted by atomic mass is 35.5. The van der Waals surface area contributed by atoms with Crippen molar-refractivity contribution in [3.8, 4) is 17.2 Å². The average molecular weight is 396 g/mol. The lowest BCUT2D eigenvalue weighted by atomic mass is 10.1. The zero-order valence-corrected chi connectivity index (χ0v) is 16.0. The summed E-state index contributed by atoms with van der Waals surface area (Å²) in [6.07, 6.45) is 0.934. The van der Waals surface area contributed by atoms with Gasteiger partial charge in [0.05, 0.1) is 12.3 Å². The molecule has 1 heterocycles. The molecule has 0 saturated carbocycles. The zero-order valence-electron chi connectivity index (χ0n) is 14.5. The van der Waals surface area contributed by atoms with Gasteiger partial charge in [0, 0.05) is 28.1 Å². The van der Waals surface area contributed by atoms with Crippen LogP contribution in [0.2, 0.25) is 10.0 Å². The first-order valence-corrected chi connectivity index (χ1v) is 9.05. The van der Waals surface area contributed by atoms with E-state index < -0.39 is 0 Å². The van der Waals surface area contributed by atoms with Crippen molar-refractivity contribution in [3.63, 3.8) is 0 Å². The first-order chi connectivity index (χ1) is 12.4. The quantitative estimate of drug-likeness (QED) is 0.767. The number of nitrogens with one attached hydrogen (secondary N) is 1. The molecule has 0 radical (unpaired) electrons. The predicted octanol–water partition coefficient (Wildman–Crippen LogP) is 4.73. The molecule has 138 valence electrons. The average Bonchev–Trinajstić information content (AvgIpc) is 2.91. The van der Waals surface area contributed by atoms with Crippen molar-refractivity contribution in [1.82, 2.24) is 0 Å². The van der Waals surface area contributed by atoms with E-state index in [1.807, 2.05) is 19.9 Å². The monoisotopic (exact) mass is 395 g/mol. The molecule has 0 saturated heterocycles. The van der Waals surface area contributed by atoms with Crippen LogP contribution in [0.5, 0.6) is 17.2 Å². The second kappa shape index (κ2) is 8.06. The fourth-order valence-electron chi connectivity index (χ4n) is 2.76. The van der Waals surface area contributed by atoms with Crippen molar-refractivity contribution in [2.24, 2.45) is 0 Å². The Kier molecular flexibility index (Phi) is 5.79. The lowest BCUT2D eigenvalue weighted by Gasteiger charge is -2.14. The highest BCUT2D eigenvalue weighted by Gasteiger charge is 2.22. The van der Waals surface area contributed by atoms with Crippen molar-refractivity contribution in [2.75, 3.05) is 18.5 Å². The van der Waals surface area contributed by atoms with E-state index in [0.717, 1.165) is 17.7 Å². The normalized spacial score (nSPS) is 15.2. The van der Waals surface area contributed by atoms with E-state index >= 15 is 0 Å². The van der Waals surface area contributed by atoms with Gasteiger partial charge in [-0.15, -0.1) is 0 Å². The Bertz CT molecular complexity index is 805. The van der Waals surface area contributed by atoms with Gasteiger partial charge >= 0.3 is 0 Å². The number of fused-ring (bicyclic) bond motifs is 1. The maximum Gasteiger partial charge on any atom is 0.262 e. The molecule has 1 aliphatic heterocycles. The molecule has 0 spiro atoms. The SMILES string of the molecule is CCOc1cc2c(cc1NC(=O)COc1cc(Cl)cc(Cl)c1)O[C@H](C)C2. The van der Waals surface area contributed by atoms with Gasteiger partial charge in [0.1, 0.15) is 23.4 Å². The minimum atomic E-state index is -0.326. The van der Waals surface area contributed by atoms with Crippen molar-refractivity contribution in [3.05, 3.63) is 45.9 Å². The Hall–Kier alpha value is -2.11. The number of carbonyl (C=O) groups is 1. The Morgan fingerprint density at radius 1 is 1.19 bits per heavy atom. The van der Waals surface area contributed by atoms with Gasteiger partial charge in [-0.3, -0.25) is 4.79 Å². The number of hydrogen-bond donors (Lipinski definition) is 1. The fraction of sp³-hybridized carbons (Fsp3) is 0.316. The highest BCUT2D eigenvalue weighted by Crippen LogP contribution is 2.38. The maximum atomic E-state index is 12.3. The summed E-state index contributed by atoms with van der Waals surface area (Å²) in [6.45, 7) is 4.21. The van der Waals surface area contributed by atoms with Gasteiger partial charge < -0.3 is 19.5 Å². The summed E-state index contributed by atoms with van der Waals surface area (Å²) in [4.78, 5) is 12.3. The molecule has 1 N–H and O–H groups in total. The molecule has 1 amide bonds. The first-order valence-electron chi connectivity index (χ1n) is 8.29. The van der Waals surface area contributed by atoms with E-state index in [4.69, 9.17) is 37.4 Å². The number of hydrogen-bond acceptors (Lipinski definition) is 4. The van der Waals surface area contributed by atoms with Crippen LogP contribution in [-0.4, -0.2) is 25.2 Å². The van der Waals surface area contributed by atoms with Crippen LogP contribution in [0.1, 0.15) is 19.4 Å². The van der Waals surface area contributed by atoms with Crippen molar-refractivity contribution < 1.29 is 19.0 Å². The summed E-state index contributed by atoms with van der Waals surface area (Å²) in [5.74, 6) is 1.48. The molecule has 26 heavy (non-hydrogen) atoms. The van der Waals surface area contributed by atoms with Crippen LogP contribution in [-0.2, 0) is 11.2 Å². The molecule has 0 fully saturated rings. The van der Waals surface area contributed by atoms with Crippen molar-refractivity contribution in [2.45, 2.75) is 26.4 Å². The molecule has 3 rings (SSSR count). The van der Waals surface area contributed by atoms with Gasteiger partial charge in [0.25, 0.3) is 5.91 Å². The van der Waals surface area contributed by atoms with E-state index in [1.54, 1.807) is 24.3 Å². The minimum absolute atomic E-state index is 0.112. The topological polar surface area (TPSA) is 56.8 Å². The number of ether oxygens (including phenoxy) is 3. The third-order valence-electron chi connectivity index (χ3n) is 3.78. The minimum Gasteiger partial charge on any atom is -0.492 e. The molecule has 0 bridgehead atoms. The molecule has 0 aliphatic carbocycles. The summed E-state index contributed by atoms with van der Waals surface area (Å²) in [5, 5.41) is 3.69. The van der Waals surface area contributed by atoms with Crippen LogP contribution in [0.15, 0.2) is 30.3 Å². The van der Waals surface area contributed by atoms with E-state index in [9.17, 15) is 4.79 Å². The molecule has 7 heteroatoms. The Labute approximate surface area is 162 Å². The highest BCUT2D eigenvalue weighted by molar-refractivity contribution is 6.34. The van der Waals surface area contributed by atoms with Crippen molar-refractivity contribution in [1.29, 1.82) is 0 Å². The number of carbonyl (C=O) groups excluding carboxylic acids is 1. The lowest BCUT2D eigenvalue weighted by Crippen LogP contribution is -2.20. The van der Waals surface area contributed by atoms with Crippen LogP contribution in [0, 0.1) is 0 Å². The van der Waals surface area contributed by atoms with Crippen LogP contribution in [0.25, 0.3) is 0 Å². The van der Waals surface area contributed by atoms with Gasteiger partial charge in [0.2, 0.25) is 0 Å². The van der Waals surface area contributed by atoms with E-state index in [0.29, 0.717) is 33.8 Å². The standard InChI is InChI=1S/C19H19Cl2NO4/c1-3-24-18-5-12-4-11(2)26-17(12)9-16(18)22-19(23)10-25-15-7-13(20)6-14(21)8-15/h5-9,11H,3-4,10H2,1-2H3,(H,22,23)/t11-/m1/s1. The molecule has 0 unspecified atom stereocenters. The van der Waals surface area contributed by atoms with Gasteiger partial charge in [-0.1, -0.05) is 23.2 Å². The van der Waals surface area contributed by atoms with Gasteiger partial charge in [-0.2, -0.15) is 0 Å². The van der Waals surface area contributed by atoms with Crippen LogP contribution in [0.3, 0.4) is 0 Å². The molecule has 1 atom stereocenters. The third-order valence-corrected chi connectivity index (χ3v) is 4.21. The second-order valence-corrected chi connectivity index (χ2v) is 6.84. The lowest BCUT2D eigenvalue weighted by molar-refractivity contribution is -0.118. The number of benzene rings is 2. The number of amides is 1. The summed E-state index contributed by atoms with van der Waals surface area (Å²) >= 11 is 11.8. The van der Waals surface area contributed by atoms with Crippen molar-refractivity contribution >= 4 is 34.8 Å². The zero-order chi connectivity index (χ0) is 18.7. The summed E-state index contributed by atoms with van der Waals surface area (Å²) in [5.41, 5.74) is 1.63. The maximum absolute atomic E-state index is 12.3. The van der Waals surface area contributed by atoms with Crippen LogP contribution < -0.4 is 19.5 Å². The molecule has 2 aromatic rings. The van der Waals surface area contributed by atoms with Crippen LogP contribution >= 0.6 is 23.2 Å². The van der Waals surface area contributed by atoms with Gasteiger partial charge in [-0.05, 0) is 38.1 Å². The van der Waals surface area contributed by atoms with Crippen LogP contribution in [0.4, 0.5) is 5.69 Å². The largest absolute Gasteiger partial charge is 0.492 e. The Morgan fingerprint density at radius 2 is 1.92 bits per heavy atom. The van der Waals surface area contributed by atoms with Gasteiger partial charge in [0.15, 0.2) is 6.61 Å². The fourth-order valence-corrected chi connectivity index (χ4v) is 3.27. The Balaban J connectivity index is 1.69. The molecular formula is C19H19Cl2NO4. The summed E-state index contributed by atoms with van der Waals surface area (Å²) in [7, 11) is 0. The number of halogens is 2. The number of anilines is 1. The molecule has 2 aromatic carbocycles. The molecule has 0 aromatic heterocycles. The molecular weight excluding hydrogens is 377 g/mol. The smallest absolute Gasteiger partial charge is 0.262 e. The van der Waals surface area contributed by atoms with Gasteiger partial charge in [-0.25, -0.2) is 0 Å². The van der Waals surface area contributed by atoms with E-state index in [2.05, 4.69) is 5.32 Å². The molecule has 5 nitrogen and oxygen atoms in total. The second-order valence-electron chi connectivity index (χ2n) is 5.96. The third kappa shape index (κ3) is 4.54. The molecule has 1 aliphatic rings. The van der Waals surface area contributed by atoms with E-state index in [-0.39, 0.29) is 18.6 Å². The van der Waals surface area contributed by atoms with E-state index in [1.165, 1.54) is 0 Å².